The Hall–Kier alpha value is -2.49. The molecule has 1 unspecified atom stereocenters. The number of sulfone groups is 1. The summed E-state index contributed by atoms with van der Waals surface area (Å²) in [5.74, 6) is 2.02. The minimum atomic E-state index is -3.71. The molecule has 0 saturated heterocycles. The van der Waals surface area contributed by atoms with Gasteiger partial charge in [-0.25, -0.2) is 18.1 Å². The number of fused-ring (bicyclic) bond motifs is 1. The summed E-state index contributed by atoms with van der Waals surface area (Å²) in [5, 5.41) is 18.8. The van der Waals surface area contributed by atoms with E-state index in [-0.39, 0.29) is 16.9 Å². The van der Waals surface area contributed by atoms with Crippen LogP contribution < -0.4 is 5.32 Å². The maximum Gasteiger partial charge on any atom is 0.288 e. The van der Waals surface area contributed by atoms with Crippen molar-refractivity contribution in [2.24, 2.45) is 0 Å². The van der Waals surface area contributed by atoms with Crippen molar-refractivity contribution >= 4 is 21.2 Å². The molecule has 2 heterocycles. The molecule has 0 radical (unpaired) electrons. The highest BCUT2D eigenvalue weighted by Gasteiger charge is 2.25. The van der Waals surface area contributed by atoms with Gasteiger partial charge in [-0.05, 0) is 18.6 Å². The zero-order valence-electron chi connectivity index (χ0n) is 14.8. The Morgan fingerprint density at radius 2 is 2.12 bits per heavy atom. The van der Waals surface area contributed by atoms with E-state index < -0.39 is 20.4 Å². The van der Waals surface area contributed by atoms with E-state index in [9.17, 15) is 18.5 Å². The number of anilines is 1. The van der Waals surface area contributed by atoms with Gasteiger partial charge in [-0.2, -0.15) is 5.10 Å². The molecule has 0 bridgehead atoms. The largest absolute Gasteiger partial charge is 0.380 e. The van der Waals surface area contributed by atoms with Gasteiger partial charge in [-0.3, -0.25) is 10.1 Å². The molecule has 1 aliphatic heterocycles. The quantitative estimate of drug-likeness (QED) is 0.624. The standard InChI is InChI=1S/C16H21N5O4S/c1-10(2)16-18-15-7-5-12(9-20(15)19-16)17-11-4-6-13(21(22)23)14(8-11)26(3,24)25/h4,6,8,10,12,17H,5,7,9H2,1-3H3. The van der Waals surface area contributed by atoms with Crippen molar-refractivity contribution in [2.45, 2.75) is 50.1 Å². The van der Waals surface area contributed by atoms with Gasteiger partial charge in [0.05, 0.1) is 11.5 Å². The molecule has 26 heavy (non-hydrogen) atoms. The molecule has 0 aliphatic carbocycles. The van der Waals surface area contributed by atoms with Crippen LogP contribution in [-0.2, 0) is 22.8 Å². The van der Waals surface area contributed by atoms with Gasteiger partial charge < -0.3 is 5.32 Å². The second-order valence-electron chi connectivity index (χ2n) is 6.81. The SMILES string of the molecule is CC(C)c1nc2n(n1)CC(Nc1ccc([N+](=O)[O-])c(S(C)(=O)=O)c1)CC2. The monoisotopic (exact) mass is 379 g/mol. The lowest BCUT2D eigenvalue weighted by molar-refractivity contribution is -0.387. The third-order valence-electron chi connectivity index (χ3n) is 4.32. The fraction of sp³-hybridized carbons (Fsp3) is 0.500. The highest BCUT2D eigenvalue weighted by atomic mass is 32.2. The van der Waals surface area contributed by atoms with Gasteiger partial charge >= 0.3 is 0 Å². The summed E-state index contributed by atoms with van der Waals surface area (Å²) in [5.41, 5.74) is 0.121. The van der Waals surface area contributed by atoms with Crippen LogP contribution in [0.2, 0.25) is 0 Å². The van der Waals surface area contributed by atoms with Crippen LogP contribution in [0.3, 0.4) is 0 Å². The first-order valence-electron chi connectivity index (χ1n) is 8.34. The predicted molar refractivity (Wildman–Crippen MR) is 96.0 cm³/mol. The van der Waals surface area contributed by atoms with E-state index in [0.717, 1.165) is 30.7 Å². The zero-order valence-corrected chi connectivity index (χ0v) is 15.7. The van der Waals surface area contributed by atoms with E-state index in [2.05, 4.69) is 15.4 Å². The van der Waals surface area contributed by atoms with Crippen LogP contribution in [0, 0.1) is 10.1 Å². The highest BCUT2D eigenvalue weighted by molar-refractivity contribution is 7.90. The highest BCUT2D eigenvalue weighted by Crippen LogP contribution is 2.28. The molecule has 0 spiro atoms. The third kappa shape index (κ3) is 3.69. The number of nitro benzene ring substituents is 1. The number of nitro groups is 1. The number of nitrogens with one attached hydrogen (secondary N) is 1. The van der Waals surface area contributed by atoms with Gasteiger partial charge in [0.25, 0.3) is 5.69 Å². The number of aryl methyl sites for hydroxylation is 1. The van der Waals surface area contributed by atoms with E-state index in [4.69, 9.17) is 0 Å². The summed E-state index contributed by atoms with van der Waals surface area (Å²) in [6, 6.07) is 4.12. The van der Waals surface area contributed by atoms with Gasteiger partial charge in [-0.15, -0.1) is 0 Å². The van der Waals surface area contributed by atoms with Crippen molar-refractivity contribution < 1.29 is 13.3 Å². The molecule has 1 aromatic heterocycles. The van der Waals surface area contributed by atoms with E-state index in [0.29, 0.717) is 12.2 Å². The second-order valence-corrected chi connectivity index (χ2v) is 8.80. The van der Waals surface area contributed by atoms with Crippen molar-refractivity contribution in [3.05, 3.63) is 40.0 Å². The van der Waals surface area contributed by atoms with Crippen molar-refractivity contribution in [3.8, 4) is 0 Å². The average molecular weight is 379 g/mol. The summed E-state index contributed by atoms with van der Waals surface area (Å²) in [6.45, 7) is 4.70. The van der Waals surface area contributed by atoms with E-state index in [1.807, 2.05) is 18.5 Å². The molecule has 0 fully saturated rings. The molecule has 140 valence electrons. The lowest BCUT2D eigenvalue weighted by atomic mass is 10.1. The van der Waals surface area contributed by atoms with Crippen LogP contribution >= 0.6 is 0 Å². The van der Waals surface area contributed by atoms with Gasteiger partial charge in [-0.1, -0.05) is 13.8 Å². The molecule has 1 aromatic carbocycles. The van der Waals surface area contributed by atoms with E-state index in [1.165, 1.54) is 18.2 Å². The van der Waals surface area contributed by atoms with Crippen molar-refractivity contribution in [3.63, 3.8) is 0 Å². The molecule has 9 nitrogen and oxygen atoms in total. The summed E-state index contributed by atoms with van der Waals surface area (Å²) in [7, 11) is -3.71. The third-order valence-corrected chi connectivity index (χ3v) is 5.44. The first-order chi connectivity index (χ1) is 12.1. The number of hydrogen-bond acceptors (Lipinski definition) is 7. The van der Waals surface area contributed by atoms with Crippen LogP contribution in [0.15, 0.2) is 23.1 Å². The number of nitrogens with zero attached hydrogens (tertiary/aromatic N) is 4. The maximum atomic E-state index is 11.9. The van der Waals surface area contributed by atoms with E-state index in [1.54, 1.807) is 0 Å². The first-order valence-corrected chi connectivity index (χ1v) is 10.2. The van der Waals surface area contributed by atoms with Gasteiger partial charge in [0, 0.05) is 36.4 Å². The molecule has 10 heteroatoms. The van der Waals surface area contributed by atoms with Gasteiger partial charge in [0.15, 0.2) is 15.7 Å². The number of hydrogen-bond donors (Lipinski definition) is 1. The molecule has 1 N–H and O–H groups in total. The molecule has 3 rings (SSSR count). The summed E-state index contributed by atoms with van der Waals surface area (Å²) >= 11 is 0. The number of benzene rings is 1. The number of rotatable bonds is 5. The summed E-state index contributed by atoms with van der Waals surface area (Å²) < 4.78 is 25.6. The first kappa shape index (κ1) is 18.3. The van der Waals surface area contributed by atoms with E-state index >= 15 is 0 Å². The molecule has 2 aromatic rings. The Balaban J connectivity index is 1.82. The Kier molecular flexibility index (Phi) is 4.70. The van der Waals surface area contributed by atoms with Crippen LogP contribution in [0.1, 0.15) is 37.8 Å². The predicted octanol–water partition coefficient (Wildman–Crippen LogP) is 2.14. The van der Waals surface area contributed by atoms with Crippen molar-refractivity contribution in [1.82, 2.24) is 14.8 Å². The zero-order chi connectivity index (χ0) is 19.1. The normalized spacial score (nSPS) is 17.2. The maximum absolute atomic E-state index is 11.9. The lowest BCUT2D eigenvalue weighted by Crippen LogP contribution is -2.32. The summed E-state index contributed by atoms with van der Waals surface area (Å²) in [6.07, 6.45) is 2.56. The van der Waals surface area contributed by atoms with Gasteiger partial charge in [0.1, 0.15) is 10.7 Å². The smallest absolute Gasteiger partial charge is 0.288 e. The molecular formula is C16H21N5O4S. The minimum Gasteiger partial charge on any atom is -0.380 e. The lowest BCUT2D eigenvalue weighted by Gasteiger charge is -2.24. The van der Waals surface area contributed by atoms with Crippen LogP contribution in [0.25, 0.3) is 0 Å². The molecular weight excluding hydrogens is 358 g/mol. The van der Waals surface area contributed by atoms with Crippen molar-refractivity contribution in [1.29, 1.82) is 0 Å². The topological polar surface area (TPSA) is 120 Å². The Labute approximate surface area is 151 Å². The molecule has 1 aliphatic rings. The Bertz CT molecular complexity index is 952. The fourth-order valence-electron chi connectivity index (χ4n) is 2.98. The Morgan fingerprint density at radius 3 is 2.73 bits per heavy atom. The molecule has 0 saturated carbocycles. The average Bonchev–Trinajstić information content (AvgIpc) is 2.97. The van der Waals surface area contributed by atoms with Crippen LogP contribution in [0.4, 0.5) is 11.4 Å². The summed E-state index contributed by atoms with van der Waals surface area (Å²) in [4.78, 5) is 14.6. The van der Waals surface area contributed by atoms with Crippen LogP contribution in [-0.4, -0.2) is 40.4 Å². The van der Waals surface area contributed by atoms with Gasteiger partial charge in [0.2, 0.25) is 0 Å². The molecule has 0 amide bonds. The second kappa shape index (κ2) is 6.67. The van der Waals surface area contributed by atoms with Crippen molar-refractivity contribution in [2.75, 3.05) is 11.6 Å². The minimum absolute atomic E-state index is 0.0399. The Morgan fingerprint density at radius 1 is 1.38 bits per heavy atom. The van der Waals surface area contributed by atoms with Crippen LogP contribution in [0.5, 0.6) is 0 Å². The molecule has 1 atom stereocenters. The fourth-order valence-corrected chi connectivity index (χ4v) is 3.84. The number of aromatic nitrogens is 3.